The van der Waals surface area contributed by atoms with E-state index in [1.54, 1.807) is 0 Å². The first-order chi connectivity index (χ1) is 6.97. The number of ether oxygens (including phenoxy) is 1. The maximum absolute atomic E-state index is 12.5. The molecule has 0 N–H and O–H groups in total. The molecule has 0 saturated heterocycles. The zero-order valence-corrected chi connectivity index (χ0v) is 8.96. The molecule has 1 rings (SSSR count). The van der Waals surface area contributed by atoms with Gasteiger partial charge in [-0.05, 0) is 24.3 Å². The highest BCUT2D eigenvalue weighted by molar-refractivity contribution is 7.85. The van der Waals surface area contributed by atoms with Crippen molar-refractivity contribution in [1.29, 1.82) is 0 Å². The van der Waals surface area contributed by atoms with E-state index in [1.807, 2.05) is 0 Å². The molecule has 0 radical (unpaired) electrons. The molecule has 0 amide bonds. The molecule has 0 saturated carbocycles. The van der Waals surface area contributed by atoms with Crippen LogP contribution in [0.25, 0.3) is 0 Å². The van der Waals surface area contributed by atoms with E-state index in [0.717, 1.165) is 6.26 Å². The Morgan fingerprint density at radius 2 is 1.80 bits per heavy atom. The van der Waals surface area contributed by atoms with Crippen molar-refractivity contribution in [2.75, 3.05) is 19.5 Å². The summed E-state index contributed by atoms with van der Waals surface area (Å²) < 4.78 is 43.1. The molecule has 0 aromatic heterocycles. The fourth-order valence-electron chi connectivity index (χ4n) is 0.876. The Bertz CT molecular complexity index is 399. The van der Waals surface area contributed by atoms with Crippen molar-refractivity contribution in [3.05, 3.63) is 30.1 Å². The van der Waals surface area contributed by atoms with Gasteiger partial charge in [0.05, 0.1) is 6.26 Å². The molecule has 0 unspecified atom stereocenters. The van der Waals surface area contributed by atoms with E-state index in [-0.39, 0.29) is 19.0 Å². The summed E-state index contributed by atoms with van der Waals surface area (Å²) in [6.45, 7) is 0.0366. The highest BCUT2D eigenvalue weighted by Crippen LogP contribution is 2.10. The van der Waals surface area contributed by atoms with Crippen LogP contribution >= 0.6 is 0 Å². The fourth-order valence-corrected chi connectivity index (χ4v) is 1.25. The van der Waals surface area contributed by atoms with Gasteiger partial charge in [0.25, 0.3) is 10.1 Å². The van der Waals surface area contributed by atoms with Crippen molar-refractivity contribution in [3.63, 3.8) is 0 Å². The van der Waals surface area contributed by atoms with E-state index in [9.17, 15) is 12.8 Å². The van der Waals surface area contributed by atoms with Gasteiger partial charge in [0, 0.05) is 0 Å². The zero-order chi connectivity index (χ0) is 11.3. The second-order valence-electron chi connectivity index (χ2n) is 2.83. The van der Waals surface area contributed by atoms with Gasteiger partial charge in [-0.3, -0.25) is 4.18 Å². The van der Waals surface area contributed by atoms with Crippen LogP contribution in [0.2, 0.25) is 0 Å². The van der Waals surface area contributed by atoms with Gasteiger partial charge < -0.3 is 4.74 Å². The highest BCUT2D eigenvalue weighted by atomic mass is 32.2. The molecule has 0 aliphatic rings. The minimum Gasteiger partial charge on any atom is -0.491 e. The Labute approximate surface area is 87.8 Å². The Kier molecular flexibility index (Phi) is 4.05. The van der Waals surface area contributed by atoms with Gasteiger partial charge >= 0.3 is 0 Å². The van der Waals surface area contributed by atoms with Crippen molar-refractivity contribution < 1.29 is 21.7 Å². The van der Waals surface area contributed by atoms with Gasteiger partial charge in [0.2, 0.25) is 0 Å². The summed E-state index contributed by atoms with van der Waals surface area (Å²) in [4.78, 5) is 0. The third-order valence-electron chi connectivity index (χ3n) is 1.46. The predicted molar refractivity (Wildman–Crippen MR) is 52.7 cm³/mol. The van der Waals surface area contributed by atoms with Crippen LogP contribution in [0.4, 0.5) is 4.39 Å². The van der Waals surface area contributed by atoms with Crippen LogP contribution in [0.1, 0.15) is 0 Å². The van der Waals surface area contributed by atoms with Gasteiger partial charge in [-0.2, -0.15) is 8.42 Å². The topological polar surface area (TPSA) is 52.6 Å². The SMILES string of the molecule is CS(=O)(=O)OCCOc1ccc(F)cc1. The number of benzene rings is 1. The van der Waals surface area contributed by atoms with Crippen LogP contribution in [0.5, 0.6) is 5.75 Å². The molecule has 4 nitrogen and oxygen atoms in total. The third-order valence-corrected chi connectivity index (χ3v) is 2.06. The molecule has 0 spiro atoms. The first-order valence-electron chi connectivity index (χ1n) is 4.20. The number of halogens is 1. The average Bonchev–Trinajstić information content (AvgIpc) is 2.14. The monoisotopic (exact) mass is 234 g/mol. The van der Waals surface area contributed by atoms with Crippen LogP contribution in [0.3, 0.4) is 0 Å². The van der Waals surface area contributed by atoms with Crippen LogP contribution in [-0.2, 0) is 14.3 Å². The van der Waals surface area contributed by atoms with E-state index in [0.29, 0.717) is 5.75 Å². The molecule has 0 atom stereocenters. The van der Waals surface area contributed by atoms with Crippen molar-refractivity contribution in [2.24, 2.45) is 0 Å². The van der Waals surface area contributed by atoms with Gasteiger partial charge in [-0.1, -0.05) is 0 Å². The lowest BCUT2D eigenvalue weighted by Crippen LogP contribution is -2.11. The molecule has 15 heavy (non-hydrogen) atoms. The van der Waals surface area contributed by atoms with E-state index >= 15 is 0 Å². The molecule has 0 heterocycles. The summed E-state index contributed by atoms with van der Waals surface area (Å²) in [5.41, 5.74) is 0. The molecular weight excluding hydrogens is 223 g/mol. The van der Waals surface area contributed by atoms with Crippen LogP contribution in [-0.4, -0.2) is 27.9 Å². The van der Waals surface area contributed by atoms with Crippen molar-refractivity contribution in [3.8, 4) is 5.75 Å². The minimum absolute atomic E-state index is 0.0593. The molecule has 6 heteroatoms. The Hall–Kier alpha value is -1.14. The lowest BCUT2D eigenvalue weighted by atomic mass is 10.3. The lowest BCUT2D eigenvalue weighted by molar-refractivity contribution is 0.222. The molecule has 0 fully saturated rings. The number of hydrogen-bond acceptors (Lipinski definition) is 4. The zero-order valence-electron chi connectivity index (χ0n) is 8.14. The van der Waals surface area contributed by atoms with Crippen molar-refractivity contribution >= 4 is 10.1 Å². The van der Waals surface area contributed by atoms with Crippen molar-refractivity contribution in [1.82, 2.24) is 0 Å². The molecule has 1 aromatic carbocycles. The highest BCUT2D eigenvalue weighted by Gasteiger charge is 2.01. The van der Waals surface area contributed by atoms with Crippen LogP contribution in [0, 0.1) is 5.82 Å². The number of hydrogen-bond donors (Lipinski definition) is 0. The first kappa shape index (κ1) is 11.9. The Morgan fingerprint density at radius 3 is 2.33 bits per heavy atom. The van der Waals surface area contributed by atoms with Gasteiger partial charge in [-0.15, -0.1) is 0 Å². The summed E-state index contributed by atoms with van der Waals surface area (Å²) in [5, 5.41) is 0. The second kappa shape index (κ2) is 5.09. The lowest BCUT2D eigenvalue weighted by Gasteiger charge is -2.05. The molecule has 84 valence electrons. The van der Waals surface area contributed by atoms with Crippen LogP contribution < -0.4 is 4.74 Å². The maximum Gasteiger partial charge on any atom is 0.264 e. The summed E-state index contributed by atoms with van der Waals surface area (Å²) in [6.07, 6.45) is 0.963. The molecule has 0 aliphatic heterocycles. The Morgan fingerprint density at radius 1 is 1.20 bits per heavy atom. The van der Waals surface area contributed by atoms with Gasteiger partial charge in [-0.25, -0.2) is 4.39 Å². The van der Waals surface area contributed by atoms with Gasteiger partial charge in [0.1, 0.15) is 24.8 Å². The number of rotatable bonds is 5. The first-order valence-corrected chi connectivity index (χ1v) is 6.02. The summed E-state index contributed by atoms with van der Waals surface area (Å²) >= 11 is 0. The smallest absolute Gasteiger partial charge is 0.264 e. The van der Waals surface area contributed by atoms with Crippen LogP contribution in [0.15, 0.2) is 24.3 Å². The third kappa shape index (κ3) is 5.34. The standard InChI is InChI=1S/C9H11FO4S/c1-15(11,12)14-7-6-13-9-4-2-8(10)3-5-9/h2-5H,6-7H2,1H3. The molecular formula is C9H11FO4S. The van der Waals surface area contributed by atoms with Crippen molar-refractivity contribution in [2.45, 2.75) is 0 Å². The molecule has 1 aromatic rings. The second-order valence-corrected chi connectivity index (χ2v) is 4.47. The largest absolute Gasteiger partial charge is 0.491 e. The molecule has 0 bridgehead atoms. The minimum atomic E-state index is -3.43. The van der Waals surface area contributed by atoms with E-state index in [4.69, 9.17) is 4.74 Å². The average molecular weight is 234 g/mol. The maximum atomic E-state index is 12.5. The summed E-state index contributed by atoms with van der Waals surface area (Å²) in [6, 6.07) is 5.42. The van der Waals surface area contributed by atoms with E-state index in [1.165, 1.54) is 24.3 Å². The fraction of sp³-hybridized carbons (Fsp3) is 0.333. The predicted octanol–water partition coefficient (Wildman–Crippen LogP) is 1.18. The summed E-state index contributed by atoms with van der Waals surface area (Å²) in [7, 11) is -3.43. The summed E-state index contributed by atoms with van der Waals surface area (Å²) in [5.74, 6) is 0.114. The normalized spacial score (nSPS) is 11.3. The quantitative estimate of drug-likeness (QED) is 0.567. The van der Waals surface area contributed by atoms with E-state index < -0.39 is 10.1 Å². The van der Waals surface area contributed by atoms with E-state index in [2.05, 4.69) is 4.18 Å². The van der Waals surface area contributed by atoms with Gasteiger partial charge in [0.15, 0.2) is 0 Å². The Balaban J connectivity index is 2.29. The molecule has 0 aliphatic carbocycles.